The first kappa shape index (κ1) is 15.6. The van der Waals surface area contributed by atoms with Gasteiger partial charge in [-0.15, -0.1) is 0 Å². The fourth-order valence-electron chi connectivity index (χ4n) is 2.23. The first-order valence-corrected chi connectivity index (χ1v) is 6.67. The highest BCUT2D eigenvalue weighted by molar-refractivity contribution is 5.67. The summed E-state index contributed by atoms with van der Waals surface area (Å²) in [4.78, 5) is 13.4. The van der Waals surface area contributed by atoms with Crippen LogP contribution in [0.1, 0.15) is 16.7 Å². The van der Waals surface area contributed by atoms with Gasteiger partial charge in [0.25, 0.3) is 0 Å². The van der Waals surface area contributed by atoms with Crippen molar-refractivity contribution in [3.05, 3.63) is 34.9 Å². The largest absolute Gasteiger partial charge is 0.445 e. The number of alkyl halides is 3. The summed E-state index contributed by atoms with van der Waals surface area (Å²) in [7, 11) is 0. The molecule has 0 unspecified atom stereocenters. The van der Waals surface area contributed by atoms with Gasteiger partial charge in [-0.2, -0.15) is 13.2 Å². The van der Waals surface area contributed by atoms with Gasteiger partial charge in [-0.3, -0.25) is 0 Å². The number of piperazine rings is 1. The molecule has 1 aromatic rings. The molecule has 2 rings (SSSR count). The summed E-state index contributed by atoms with van der Waals surface area (Å²) in [5.74, 6) is 0. The van der Waals surface area contributed by atoms with Crippen molar-refractivity contribution in [2.45, 2.75) is 19.7 Å². The second-order valence-electron chi connectivity index (χ2n) is 4.88. The highest BCUT2D eigenvalue weighted by atomic mass is 19.4. The minimum Gasteiger partial charge on any atom is -0.445 e. The van der Waals surface area contributed by atoms with Gasteiger partial charge < -0.3 is 15.0 Å². The van der Waals surface area contributed by atoms with Crippen LogP contribution in [0, 0.1) is 6.92 Å². The summed E-state index contributed by atoms with van der Waals surface area (Å²) in [5.41, 5.74) is -0.232. The number of nitrogens with one attached hydrogen (secondary N) is 1. The molecule has 0 aliphatic carbocycles. The van der Waals surface area contributed by atoms with Gasteiger partial charge in [0.1, 0.15) is 6.61 Å². The number of nitrogens with zero attached hydrogens (tertiary/aromatic N) is 1. The molecule has 0 radical (unpaired) electrons. The smallest absolute Gasteiger partial charge is 0.416 e. The van der Waals surface area contributed by atoms with Crippen LogP contribution in [0.3, 0.4) is 0 Å². The zero-order valence-electron chi connectivity index (χ0n) is 11.7. The second-order valence-corrected chi connectivity index (χ2v) is 4.88. The van der Waals surface area contributed by atoms with Gasteiger partial charge in [-0.25, -0.2) is 4.79 Å². The number of benzene rings is 1. The zero-order valence-corrected chi connectivity index (χ0v) is 11.7. The molecular formula is C14H17F3N2O2. The number of hydrogen-bond donors (Lipinski definition) is 1. The van der Waals surface area contributed by atoms with Crippen molar-refractivity contribution in [3.63, 3.8) is 0 Å². The molecule has 116 valence electrons. The maximum atomic E-state index is 12.8. The van der Waals surface area contributed by atoms with E-state index in [0.29, 0.717) is 31.7 Å². The first-order chi connectivity index (χ1) is 9.89. The van der Waals surface area contributed by atoms with E-state index < -0.39 is 17.8 Å². The van der Waals surface area contributed by atoms with Gasteiger partial charge in [-0.05, 0) is 24.1 Å². The Morgan fingerprint density at radius 1 is 1.33 bits per heavy atom. The van der Waals surface area contributed by atoms with E-state index in [1.807, 2.05) is 0 Å². The molecular weight excluding hydrogens is 285 g/mol. The maximum Gasteiger partial charge on any atom is 0.416 e. The predicted molar refractivity (Wildman–Crippen MR) is 70.8 cm³/mol. The van der Waals surface area contributed by atoms with Gasteiger partial charge >= 0.3 is 12.3 Å². The lowest BCUT2D eigenvalue weighted by atomic mass is 10.0. The molecule has 0 bridgehead atoms. The monoisotopic (exact) mass is 302 g/mol. The van der Waals surface area contributed by atoms with Crippen LogP contribution in [-0.4, -0.2) is 37.2 Å². The van der Waals surface area contributed by atoms with Crippen LogP contribution < -0.4 is 5.32 Å². The van der Waals surface area contributed by atoms with Crippen molar-refractivity contribution in [2.75, 3.05) is 26.2 Å². The highest BCUT2D eigenvalue weighted by Gasteiger charge is 2.32. The molecule has 0 atom stereocenters. The molecule has 0 aromatic heterocycles. The molecule has 4 nitrogen and oxygen atoms in total. The number of ether oxygens (including phenoxy) is 1. The van der Waals surface area contributed by atoms with Crippen molar-refractivity contribution >= 4 is 6.09 Å². The van der Waals surface area contributed by atoms with Crippen molar-refractivity contribution < 1.29 is 22.7 Å². The number of hydrogen-bond acceptors (Lipinski definition) is 3. The van der Waals surface area contributed by atoms with Gasteiger partial charge in [0, 0.05) is 26.2 Å². The van der Waals surface area contributed by atoms with E-state index in [0.717, 1.165) is 6.07 Å². The third kappa shape index (κ3) is 3.87. The SMILES string of the molecule is Cc1c(COC(=O)N2CCNCC2)cccc1C(F)(F)F. The first-order valence-electron chi connectivity index (χ1n) is 6.67. The van der Waals surface area contributed by atoms with E-state index in [1.165, 1.54) is 19.1 Å². The van der Waals surface area contributed by atoms with E-state index in [9.17, 15) is 18.0 Å². The molecule has 1 amide bonds. The van der Waals surface area contributed by atoms with E-state index >= 15 is 0 Å². The van der Waals surface area contributed by atoms with Crippen LogP contribution in [0.5, 0.6) is 0 Å². The molecule has 1 aromatic carbocycles. The van der Waals surface area contributed by atoms with E-state index in [2.05, 4.69) is 5.32 Å². The Labute approximate surface area is 120 Å². The standard InChI is InChI=1S/C14H17F3N2O2/c1-10-11(3-2-4-12(10)14(15,16)17)9-21-13(20)19-7-5-18-6-8-19/h2-4,18H,5-9H2,1H3. The molecule has 1 heterocycles. The second kappa shape index (κ2) is 6.34. The highest BCUT2D eigenvalue weighted by Crippen LogP contribution is 2.33. The zero-order chi connectivity index (χ0) is 15.5. The minimum atomic E-state index is -4.40. The van der Waals surface area contributed by atoms with Crippen LogP contribution in [-0.2, 0) is 17.5 Å². The summed E-state index contributed by atoms with van der Waals surface area (Å²) in [5, 5.41) is 3.10. The van der Waals surface area contributed by atoms with Crippen LogP contribution in [0.15, 0.2) is 18.2 Å². The topological polar surface area (TPSA) is 41.6 Å². The average molecular weight is 302 g/mol. The Bertz CT molecular complexity index is 511. The van der Waals surface area contributed by atoms with Gasteiger partial charge in [0.05, 0.1) is 5.56 Å². The number of carbonyl (C=O) groups excluding carboxylic acids is 1. The van der Waals surface area contributed by atoms with Crippen LogP contribution >= 0.6 is 0 Å². The normalized spacial score (nSPS) is 15.9. The van der Waals surface area contributed by atoms with Crippen LogP contribution in [0.25, 0.3) is 0 Å². The van der Waals surface area contributed by atoms with Gasteiger partial charge in [0.2, 0.25) is 0 Å². The molecule has 1 aliphatic rings. The van der Waals surface area contributed by atoms with E-state index in [4.69, 9.17) is 4.74 Å². The minimum absolute atomic E-state index is 0.0955. The van der Waals surface area contributed by atoms with E-state index in [-0.39, 0.29) is 12.2 Å². The summed E-state index contributed by atoms with van der Waals surface area (Å²) in [6, 6.07) is 3.89. The van der Waals surface area contributed by atoms with Gasteiger partial charge in [-0.1, -0.05) is 12.1 Å². The summed E-state index contributed by atoms with van der Waals surface area (Å²) in [6.45, 7) is 3.70. The molecule has 0 saturated carbocycles. The summed E-state index contributed by atoms with van der Waals surface area (Å²) < 4.78 is 43.5. The van der Waals surface area contributed by atoms with Gasteiger partial charge in [0.15, 0.2) is 0 Å². The lowest BCUT2D eigenvalue weighted by Crippen LogP contribution is -2.46. The average Bonchev–Trinajstić information content (AvgIpc) is 2.45. The van der Waals surface area contributed by atoms with Crippen molar-refractivity contribution in [1.29, 1.82) is 0 Å². The molecule has 7 heteroatoms. The Balaban J connectivity index is 2.01. The Morgan fingerprint density at radius 2 is 2.00 bits per heavy atom. The van der Waals surface area contributed by atoms with E-state index in [1.54, 1.807) is 4.90 Å². The molecule has 1 fully saturated rings. The number of amides is 1. The molecule has 1 saturated heterocycles. The molecule has 1 aliphatic heterocycles. The van der Waals surface area contributed by atoms with Crippen molar-refractivity contribution in [1.82, 2.24) is 10.2 Å². The quantitative estimate of drug-likeness (QED) is 0.913. The van der Waals surface area contributed by atoms with Crippen molar-refractivity contribution in [3.8, 4) is 0 Å². The lowest BCUT2D eigenvalue weighted by molar-refractivity contribution is -0.138. The maximum absolute atomic E-state index is 12.8. The predicted octanol–water partition coefficient (Wildman–Crippen LogP) is 2.56. The fraction of sp³-hybridized carbons (Fsp3) is 0.500. The molecule has 0 spiro atoms. The molecule has 1 N–H and O–H groups in total. The Kier molecular flexibility index (Phi) is 4.72. The third-order valence-electron chi connectivity index (χ3n) is 3.48. The third-order valence-corrected chi connectivity index (χ3v) is 3.48. The number of halogens is 3. The fourth-order valence-corrected chi connectivity index (χ4v) is 2.23. The summed E-state index contributed by atoms with van der Waals surface area (Å²) in [6.07, 6.45) is -4.89. The van der Waals surface area contributed by atoms with Crippen LogP contribution in [0.2, 0.25) is 0 Å². The number of carbonyl (C=O) groups is 1. The van der Waals surface area contributed by atoms with Crippen molar-refractivity contribution in [2.24, 2.45) is 0 Å². The lowest BCUT2D eigenvalue weighted by Gasteiger charge is -2.26. The molecule has 21 heavy (non-hydrogen) atoms. The summed E-state index contributed by atoms with van der Waals surface area (Å²) >= 11 is 0. The Morgan fingerprint density at radius 3 is 2.62 bits per heavy atom. The number of rotatable bonds is 2. The Hall–Kier alpha value is -1.76. The van der Waals surface area contributed by atoms with Crippen LogP contribution in [0.4, 0.5) is 18.0 Å².